The molecule has 0 bridgehead atoms. The van der Waals surface area contributed by atoms with Crippen LogP contribution in [-0.4, -0.2) is 34.9 Å². The van der Waals surface area contributed by atoms with Crippen molar-refractivity contribution in [2.75, 3.05) is 6.61 Å². The molecule has 0 saturated carbocycles. The number of amides is 1. The number of carbonyl (C=O) groups is 1. The summed E-state index contributed by atoms with van der Waals surface area (Å²) in [6, 6.07) is -0.615. The van der Waals surface area contributed by atoms with Crippen LogP contribution in [0.4, 0.5) is 0 Å². The molecule has 0 spiro atoms. The summed E-state index contributed by atoms with van der Waals surface area (Å²) in [4.78, 5) is 11.0. The minimum absolute atomic E-state index is 0.243. The zero-order valence-electron chi connectivity index (χ0n) is 16.5. The van der Waals surface area contributed by atoms with E-state index in [0.29, 0.717) is 0 Å². The lowest BCUT2D eigenvalue weighted by Crippen LogP contribution is -2.44. The molecular formula is C21H41NO3. The van der Waals surface area contributed by atoms with Gasteiger partial charge in [-0.05, 0) is 12.8 Å². The molecule has 0 aliphatic heterocycles. The highest BCUT2D eigenvalue weighted by Gasteiger charge is 2.15. The smallest absolute Gasteiger partial charge is 0.217 e. The van der Waals surface area contributed by atoms with Crippen LogP contribution in [0, 0.1) is 0 Å². The van der Waals surface area contributed by atoms with E-state index in [4.69, 9.17) is 5.11 Å². The van der Waals surface area contributed by atoms with Crippen molar-refractivity contribution in [1.29, 1.82) is 0 Å². The standard InChI is InChI=1S/C21H41NO3/c1-3-4-5-6-7-8-9-10-11-12-13-14-15-16-17-21(25)20(18-23)22-19(2)24/h16-17,20-21,23,25H,3-15,18H2,1-2H3,(H,22,24)/b17-16+. The summed E-state index contributed by atoms with van der Waals surface area (Å²) >= 11 is 0. The van der Waals surface area contributed by atoms with Crippen molar-refractivity contribution in [2.45, 2.75) is 109 Å². The highest BCUT2D eigenvalue weighted by Crippen LogP contribution is 2.12. The highest BCUT2D eigenvalue weighted by molar-refractivity contribution is 5.73. The van der Waals surface area contributed by atoms with E-state index in [9.17, 15) is 9.90 Å². The van der Waals surface area contributed by atoms with Crippen molar-refractivity contribution in [3.8, 4) is 0 Å². The Labute approximate surface area is 155 Å². The molecule has 0 aromatic heterocycles. The molecule has 0 aromatic rings. The van der Waals surface area contributed by atoms with Crippen molar-refractivity contribution in [3.63, 3.8) is 0 Å². The predicted octanol–water partition coefficient (Wildman–Crippen LogP) is 4.49. The highest BCUT2D eigenvalue weighted by atomic mass is 16.3. The number of rotatable bonds is 17. The third kappa shape index (κ3) is 16.4. The molecule has 0 fully saturated rings. The monoisotopic (exact) mass is 355 g/mol. The van der Waals surface area contributed by atoms with Gasteiger partial charge >= 0.3 is 0 Å². The fourth-order valence-electron chi connectivity index (χ4n) is 2.97. The number of nitrogens with one attached hydrogen (secondary N) is 1. The van der Waals surface area contributed by atoms with Crippen LogP contribution in [0.2, 0.25) is 0 Å². The van der Waals surface area contributed by atoms with Gasteiger partial charge < -0.3 is 15.5 Å². The Hall–Kier alpha value is -0.870. The first-order chi connectivity index (χ1) is 12.1. The summed E-state index contributed by atoms with van der Waals surface area (Å²) in [6.07, 6.45) is 19.8. The molecule has 2 atom stereocenters. The third-order valence-electron chi connectivity index (χ3n) is 4.56. The Morgan fingerprint density at radius 1 is 0.920 bits per heavy atom. The number of carbonyl (C=O) groups excluding carboxylic acids is 1. The number of aliphatic hydroxyl groups is 2. The van der Waals surface area contributed by atoms with Crippen LogP contribution in [0.15, 0.2) is 12.2 Å². The van der Waals surface area contributed by atoms with Gasteiger partial charge in [0, 0.05) is 6.92 Å². The molecule has 0 aromatic carbocycles. The Morgan fingerprint density at radius 3 is 1.84 bits per heavy atom. The summed E-state index contributed by atoms with van der Waals surface area (Å²) in [5.74, 6) is -0.243. The predicted molar refractivity (Wildman–Crippen MR) is 106 cm³/mol. The van der Waals surface area contributed by atoms with Crippen LogP contribution in [0.1, 0.15) is 97.3 Å². The van der Waals surface area contributed by atoms with Crippen molar-refractivity contribution < 1.29 is 15.0 Å². The number of hydrogen-bond acceptors (Lipinski definition) is 3. The molecule has 0 radical (unpaired) electrons. The maximum Gasteiger partial charge on any atom is 0.217 e. The lowest BCUT2D eigenvalue weighted by molar-refractivity contribution is -0.120. The second kappa shape index (κ2) is 17.9. The third-order valence-corrected chi connectivity index (χ3v) is 4.56. The average molecular weight is 356 g/mol. The lowest BCUT2D eigenvalue weighted by Gasteiger charge is -2.18. The number of allylic oxidation sites excluding steroid dienone is 1. The maximum atomic E-state index is 11.0. The molecule has 148 valence electrons. The number of unbranched alkanes of at least 4 members (excludes halogenated alkanes) is 12. The van der Waals surface area contributed by atoms with Crippen LogP contribution in [0.25, 0.3) is 0 Å². The summed E-state index contributed by atoms with van der Waals surface area (Å²) in [6.45, 7) is 3.38. The van der Waals surface area contributed by atoms with E-state index in [1.54, 1.807) is 6.08 Å². The van der Waals surface area contributed by atoms with E-state index >= 15 is 0 Å². The Morgan fingerprint density at radius 2 is 1.40 bits per heavy atom. The quantitative estimate of drug-likeness (QED) is 0.266. The van der Waals surface area contributed by atoms with Gasteiger partial charge in [0.25, 0.3) is 0 Å². The fourth-order valence-corrected chi connectivity index (χ4v) is 2.97. The fraction of sp³-hybridized carbons (Fsp3) is 0.857. The molecule has 0 aliphatic carbocycles. The largest absolute Gasteiger partial charge is 0.394 e. The van der Waals surface area contributed by atoms with Crippen molar-refractivity contribution in [1.82, 2.24) is 5.32 Å². The topological polar surface area (TPSA) is 69.6 Å². The molecular weight excluding hydrogens is 314 g/mol. The molecule has 3 N–H and O–H groups in total. The van der Waals surface area contributed by atoms with Gasteiger partial charge in [0.15, 0.2) is 0 Å². The zero-order chi connectivity index (χ0) is 18.8. The van der Waals surface area contributed by atoms with Crippen LogP contribution < -0.4 is 5.32 Å². The molecule has 0 aliphatic rings. The maximum absolute atomic E-state index is 11.0. The second-order valence-corrected chi connectivity index (χ2v) is 7.09. The van der Waals surface area contributed by atoms with E-state index in [1.165, 1.54) is 77.6 Å². The van der Waals surface area contributed by atoms with E-state index in [-0.39, 0.29) is 12.5 Å². The van der Waals surface area contributed by atoms with Gasteiger partial charge in [-0.3, -0.25) is 4.79 Å². The molecule has 4 heteroatoms. The zero-order valence-corrected chi connectivity index (χ0v) is 16.5. The summed E-state index contributed by atoms with van der Waals surface area (Å²) in [5, 5.41) is 21.6. The van der Waals surface area contributed by atoms with Crippen molar-refractivity contribution >= 4 is 5.91 Å². The Balaban J connectivity index is 3.43. The Kier molecular flexibility index (Phi) is 17.3. The van der Waals surface area contributed by atoms with Gasteiger partial charge in [-0.2, -0.15) is 0 Å². The first kappa shape index (κ1) is 24.1. The van der Waals surface area contributed by atoms with Crippen molar-refractivity contribution in [3.05, 3.63) is 12.2 Å². The summed E-state index contributed by atoms with van der Waals surface area (Å²) in [5.41, 5.74) is 0. The van der Waals surface area contributed by atoms with Gasteiger partial charge in [-0.1, -0.05) is 89.7 Å². The minimum atomic E-state index is -0.828. The first-order valence-electron chi connectivity index (χ1n) is 10.3. The normalized spacial score (nSPS) is 13.9. The second-order valence-electron chi connectivity index (χ2n) is 7.09. The van der Waals surface area contributed by atoms with Gasteiger partial charge in [-0.15, -0.1) is 0 Å². The molecule has 2 unspecified atom stereocenters. The molecule has 25 heavy (non-hydrogen) atoms. The SMILES string of the molecule is CCCCCCCCCCCCCC/C=C/C(O)C(CO)NC(C)=O. The van der Waals surface area contributed by atoms with E-state index in [1.807, 2.05) is 6.08 Å². The van der Waals surface area contributed by atoms with Crippen molar-refractivity contribution in [2.24, 2.45) is 0 Å². The van der Waals surface area contributed by atoms with Gasteiger partial charge in [0.1, 0.15) is 0 Å². The van der Waals surface area contributed by atoms with Crippen LogP contribution in [0.5, 0.6) is 0 Å². The van der Waals surface area contributed by atoms with Crippen LogP contribution in [0.3, 0.4) is 0 Å². The number of aliphatic hydroxyl groups excluding tert-OH is 2. The minimum Gasteiger partial charge on any atom is -0.394 e. The van der Waals surface area contributed by atoms with Gasteiger partial charge in [-0.25, -0.2) is 0 Å². The van der Waals surface area contributed by atoms with E-state index < -0.39 is 12.1 Å². The molecule has 1 amide bonds. The Bertz CT molecular complexity index is 331. The molecule has 4 nitrogen and oxygen atoms in total. The molecule has 0 heterocycles. The first-order valence-corrected chi connectivity index (χ1v) is 10.3. The molecule has 0 rings (SSSR count). The van der Waals surface area contributed by atoms with Gasteiger partial charge in [0.05, 0.1) is 18.8 Å². The summed E-state index contributed by atoms with van der Waals surface area (Å²) in [7, 11) is 0. The van der Waals surface area contributed by atoms with Gasteiger partial charge in [0.2, 0.25) is 5.91 Å². The van der Waals surface area contributed by atoms with E-state index in [2.05, 4.69) is 12.2 Å². The van der Waals surface area contributed by atoms with Crippen LogP contribution in [-0.2, 0) is 4.79 Å². The lowest BCUT2D eigenvalue weighted by atomic mass is 10.0. The van der Waals surface area contributed by atoms with Crippen LogP contribution >= 0.6 is 0 Å². The number of hydrogen-bond donors (Lipinski definition) is 3. The average Bonchev–Trinajstić information content (AvgIpc) is 2.59. The van der Waals surface area contributed by atoms with E-state index in [0.717, 1.165) is 12.8 Å². The summed E-state index contributed by atoms with van der Waals surface area (Å²) < 4.78 is 0. The molecule has 0 saturated heterocycles.